The van der Waals surface area contributed by atoms with Crippen LogP contribution in [0.3, 0.4) is 0 Å². The summed E-state index contributed by atoms with van der Waals surface area (Å²) in [4.78, 5) is 73.3. The van der Waals surface area contributed by atoms with Crippen LogP contribution < -0.4 is 0 Å². The van der Waals surface area contributed by atoms with Crippen LogP contribution >= 0.6 is 15.6 Å². The summed E-state index contributed by atoms with van der Waals surface area (Å²) >= 11 is 0. The molecule has 630 valence electrons. The second-order valence-corrected chi connectivity index (χ2v) is 35.1. The molecule has 0 aromatic rings. The average Bonchev–Trinajstić information content (AvgIpc) is 0.900. The van der Waals surface area contributed by atoms with Gasteiger partial charge in [0, 0.05) is 25.7 Å². The Morgan fingerprint density at radius 3 is 0.642 bits per heavy atom. The molecule has 0 fully saturated rings. The fourth-order valence-corrected chi connectivity index (χ4v) is 15.2. The van der Waals surface area contributed by atoms with Gasteiger partial charge in [-0.1, -0.05) is 414 Å². The molecular formula is C87H170O17P2. The molecule has 0 heterocycles. The Kier molecular flexibility index (Phi) is 76.9. The first-order valence-corrected chi connectivity index (χ1v) is 48.0. The number of carbonyl (C=O) groups is 4. The molecule has 106 heavy (non-hydrogen) atoms. The van der Waals surface area contributed by atoms with Crippen molar-refractivity contribution in [2.24, 2.45) is 11.8 Å². The summed E-state index contributed by atoms with van der Waals surface area (Å²) in [5.74, 6) is -0.516. The topological polar surface area (TPSA) is 237 Å². The maximum atomic E-state index is 13.2. The zero-order valence-corrected chi connectivity index (χ0v) is 71.5. The summed E-state index contributed by atoms with van der Waals surface area (Å²) in [7, 11) is -9.93. The molecule has 0 radical (unpaired) electrons. The molecule has 0 amide bonds. The highest BCUT2D eigenvalue weighted by atomic mass is 31.2. The minimum atomic E-state index is -4.97. The van der Waals surface area contributed by atoms with Crippen molar-refractivity contribution in [3.05, 3.63) is 0 Å². The number of aliphatic hydroxyl groups excluding tert-OH is 1. The van der Waals surface area contributed by atoms with Crippen molar-refractivity contribution in [1.82, 2.24) is 0 Å². The molecule has 0 rings (SSSR count). The van der Waals surface area contributed by atoms with E-state index in [1.54, 1.807) is 0 Å². The summed E-state index contributed by atoms with van der Waals surface area (Å²) in [5, 5.41) is 10.7. The molecule has 0 aliphatic carbocycles. The van der Waals surface area contributed by atoms with Crippen LogP contribution in [0.4, 0.5) is 0 Å². The average molecular weight is 1550 g/mol. The van der Waals surface area contributed by atoms with Gasteiger partial charge in [0.2, 0.25) is 0 Å². The van der Waals surface area contributed by atoms with Crippen LogP contribution in [0, 0.1) is 11.8 Å². The Labute approximate surface area is 651 Å². The predicted molar refractivity (Wildman–Crippen MR) is 437 cm³/mol. The van der Waals surface area contributed by atoms with Crippen LogP contribution in [-0.2, 0) is 65.4 Å². The van der Waals surface area contributed by atoms with E-state index in [0.717, 1.165) is 102 Å². The molecule has 2 unspecified atom stereocenters. The van der Waals surface area contributed by atoms with E-state index in [-0.39, 0.29) is 25.7 Å². The molecule has 0 saturated heterocycles. The monoisotopic (exact) mass is 1550 g/mol. The van der Waals surface area contributed by atoms with Gasteiger partial charge in [0.25, 0.3) is 0 Å². The van der Waals surface area contributed by atoms with Crippen molar-refractivity contribution in [1.29, 1.82) is 0 Å². The van der Waals surface area contributed by atoms with Gasteiger partial charge in [-0.05, 0) is 37.5 Å². The molecule has 0 bridgehead atoms. The lowest BCUT2D eigenvalue weighted by atomic mass is 10.0. The number of hydrogen-bond acceptors (Lipinski definition) is 15. The Morgan fingerprint density at radius 1 is 0.255 bits per heavy atom. The van der Waals surface area contributed by atoms with Crippen LogP contribution in [0.2, 0.25) is 0 Å². The SMILES string of the molecule is CCCCCCCCCCCCCCCCCCCCCCC(=O)O[C@H](COC(=O)CCCCCCCCCCCCCCCCCC(C)C)COP(=O)(O)OC[C@@H](O)COP(=O)(O)OC[C@@H](COC(=O)CCCCCCCCCCCCCCC)OC(=O)CCCCCCCCCCCCCCC(C)C. The third-order valence-electron chi connectivity index (χ3n) is 20.5. The van der Waals surface area contributed by atoms with Crippen molar-refractivity contribution in [3.63, 3.8) is 0 Å². The maximum absolute atomic E-state index is 13.2. The van der Waals surface area contributed by atoms with E-state index in [0.29, 0.717) is 25.7 Å². The Hall–Kier alpha value is -1.94. The van der Waals surface area contributed by atoms with Crippen molar-refractivity contribution in [3.8, 4) is 0 Å². The third kappa shape index (κ3) is 80.1. The third-order valence-corrected chi connectivity index (χ3v) is 22.4. The van der Waals surface area contributed by atoms with Gasteiger partial charge in [0.1, 0.15) is 19.3 Å². The summed E-state index contributed by atoms with van der Waals surface area (Å²) in [6, 6.07) is 0. The molecule has 0 aromatic carbocycles. The second-order valence-electron chi connectivity index (χ2n) is 32.2. The number of aliphatic hydroxyl groups is 1. The van der Waals surface area contributed by atoms with Gasteiger partial charge in [-0.2, -0.15) is 0 Å². The summed E-state index contributed by atoms with van der Waals surface area (Å²) < 4.78 is 69.0. The van der Waals surface area contributed by atoms with Gasteiger partial charge in [0.05, 0.1) is 26.4 Å². The highest BCUT2D eigenvalue weighted by Crippen LogP contribution is 2.45. The fourth-order valence-electron chi connectivity index (χ4n) is 13.6. The highest BCUT2D eigenvalue weighted by molar-refractivity contribution is 7.47. The van der Waals surface area contributed by atoms with E-state index >= 15 is 0 Å². The summed E-state index contributed by atoms with van der Waals surface area (Å²) in [6.45, 7) is 9.72. The number of ether oxygens (including phenoxy) is 4. The minimum Gasteiger partial charge on any atom is -0.462 e. The zero-order chi connectivity index (χ0) is 77.8. The van der Waals surface area contributed by atoms with Gasteiger partial charge in [-0.15, -0.1) is 0 Å². The van der Waals surface area contributed by atoms with Crippen LogP contribution in [0.15, 0.2) is 0 Å². The quantitative estimate of drug-likeness (QED) is 0.0222. The number of phosphoric acid groups is 2. The van der Waals surface area contributed by atoms with E-state index in [4.69, 9.17) is 37.0 Å². The van der Waals surface area contributed by atoms with Gasteiger partial charge in [-0.3, -0.25) is 37.3 Å². The van der Waals surface area contributed by atoms with Crippen molar-refractivity contribution >= 4 is 39.5 Å². The Balaban J connectivity index is 5.26. The lowest BCUT2D eigenvalue weighted by Crippen LogP contribution is -2.30. The maximum Gasteiger partial charge on any atom is 0.472 e. The highest BCUT2D eigenvalue weighted by Gasteiger charge is 2.30. The first-order chi connectivity index (χ1) is 51.4. The summed E-state index contributed by atoms with van der Waals surface area (Å²) in [6.07, 6.45) is 70.7. The van der Waals surface area contributed by atoms with Crippen molar-refractivity contribution < 1.29 is 80.2 Å². The van der Waals surface area contributed by atoms with Crippen LogP contribution in [0.25, 0.3) is 0 Å². The van der Waals surface area contributed by atoms with Gasteiger partial charge in [0.15, 0.2) is 12.2 Å². The van der Waals surface area contributed by atoms with Crippen LogP contribution in [0.1, 0.15) is 465 Å². The van der Waals surface area contributed by atoms with E-state index in [9.17, 15) is 43.2 Å². The molecule has 0 aromatic heterocycles. The van der Waals surface area contributed by atoms with Crippen molar-refractivity contribution in [2.45, 2.75) is 484 Å². The number of phosphoric ester groups is 2. The zero-order valence-electron chi connectivity index (χ0n) is 69.7. The lowest BCUT2D eigenvalue weighted by molar-refractivity contribution is -0.161. The number of esters is 4. The smallest absolute Gasteiger partial charge is 0.462 e. The number of carbonyl (C=O) groups excluding carboxylic acids is 4. The Bertz CT molecular complexity index is 2030. The minimum absolute atomic E-state index is 0.108. The van der Waals surface area contributed by atoms with E-state index in [2.05, 4.69) is 41.5 Å². The molecular weight excluding hydrogens is 1380 g/mol. The molecule has 17 nitrogen and oxygen atoms in total. The first-order valence-electron chi connectivity index (χ1n) is 45.0. The van der Waals surface area contributed by atoms with Gasteiger partial charge in [-0.25, -0.2) is 9.13 Å². The first kappa shape index (κ1) is 104. The standard InChI is InChI=1S/C87H170O17P2/c1-7-9-11-13-15-17-19-21-22-23-24-25-26-29-34-41-47-53-59-65-71-86(91)103-82(76-98-85(90)70-64-58-52-46-40-33-30-27-28-32-37-43-49-55-61-67-79(3)4)77-101-105(93,94)99-73-81(88)74-100-106(95,96)102-78-83(75-97-84(89)69-63-57-51-45-39-31-20-18-16-14-12-10-8-2)104-87(92)72-66-60-54-48-42-36-35-38-44-50-56-62-68-80(5)6/h79-83,88H,7-78H2,1-6H3,(H,93,94)(H,95,96)/t81-,82-,83-/m1/s1. The number of unbranched alkanes of at least 4 members (excludes halogenated alkanes) is 56. The molecule has 0 saturated carbocycles. The molecule has 0 aliphatic heterocycles. The van der Waals surface area contributed by atoms with E-state index in [1.165, 1.54) is 283 Å². The Morgan fingerprint density at radius 2 is 0.434 bits per heavy atom. The number of rotatable bonds is 86. The number of hydrogen-bond donors (Lipinski definition) is 3. The molecule has 3 N–H and O–H groups in total. The molecule has 0 aliphatic rings. The van der Waals surface area contributed by atoms with Gasteiger partial charge < -0.3 is 33.8 Å². The van der Waals surface area contributed by atoms with Gasteiger partial charge >= 0.3 is 39.5 Å². The molecule has 5 atom stereocenters. The van der Waals surface area contributed by atoms with Crippen molar-refractivity contribution in [2.75, 3.05) is 39.6 Å². The van der Waals surface area contributed by atoms with Crippen LogP contribution in [-0.4, -0.2) is 96.7 Å². The van der Waals surface area contributed by atoms with E-state index in [1.807, 2.05) is 0 Å². The summed E-state index contributed by atoms with van der Waals surface area (Å²) in [5.41, 5.74) is 0. The largest absolute Gasteiger partial charge is 0.472 e. The lowest BCUT2D eigenvalue weighted by Gasteiger charge is -2.21. The second kappa shape index (κ2) is 78.3. The molecule has 0 spiro atoms. The molecule has 19 heteroatoms. The normalized spacial score (nSPS) is 13.8. The predicted octanol–water partition coefficient (Wildman–Crippen LogP) is 26.6. The fraction of sp³-hybridized carbons (Fsp3) is 0.954. The van der Waals surface area contributed by atoms with Crippen LogP contribution in [0.5, 0.6) is 0 Å². The van der Waals surface area contributed by atoms with E-state index < -0.39 is 97.5 Å².